The van der Waals surface area contributed by atoms with Gasteiger partial charge >= 0.3 is 0 Å². The summed E-state index contributed by atoms with van der Waals surface area (Å²) in [4.78, 5) is 23.0. The molecule has 0 heterocycles. The minimum atomic E-state index is -4.27. The number of nitrogens with one attached hydrogen (secondary N) is 1. The van der Waals surface area contributed by atoms with Crippen molar-refractivity contribution in [3.8, 4) is 0 Å². The van der Waals surface area contributed by atoms with E-state index in [4.69, 9.17) is 9.29 Å². The predicted molar refractivity (Wildman–Crippen MR) is 75.6 cm³/mol. The lowest BCUT2D eigenvalue weighted by molar-refractivity contribution is -0.141. The molecule has 0 saturated heterocycles. The predicted octanol–water partition coefficient (Wildman–Crippen LogP) is 1.26. The van der Waals surface area contributed by atoms with Crippen LogP contribution in [-0.2, 0) is 24.4 Å². The molecule has 0 aliphatic rings. The van der Waals surface area contributed by atoms with E-state index in [1.165, 1.54) is 33.1 Å². The quantitative estimate of drug-likeness (QED) is 0.765. The van der Waals surface area contributed by atoms with E-state index in [1.54, 1.807) is 0 Å². The molecule has 1 rings (SSSR count). The van der Waals surface area contributed by atoms with Crippen LogP contribution >= 0.6 is 0 Å². The molecule has 1 aromatic carbocycles. The van der Waals surface area contributed by atoms with Gasteiger partial charge in [0.2, 0.25) is 5.91 Å². The highest BCUT2D eigenvalue weighted by Gasteiger charge is 2.32. The standard InChI is InChI=1S/C13H17NO6S/c1-9(15)13(2,20-3)8-12(16)14-10-4-6-11(7-5-10)21(17,18)19/h4-7H,8H2,1-3H3,(H,14,16)(H,17,18,19). The second-order valence-corrected chi connectivity index (χ2v) is 6.14. The molecule has 7 nitrogen and oxygen atoms in total. The Balaban J connectivity index is 2.78. The number of ether oxygens (including phenoxy) is 1. The average Bonchev–Trinajstić information content (AvgIpc) is 2.37. The van der Waals surface area contributed by atoms with Gasteiger partial charge in [-0.2, -0.15) is 8.42 Å². The molecule has 8 heteroatoms. The van der Waals surface area contributed by atoms with Gasteiger partial charge in [-0.15, -0.1) is 0 Å². The zero-order valence-corrected chi connectivity index (χ0v) is 12.7. The molecule has 0 saturated carbocycles. The Kier molecular flexibility index (Phi) is 5.21. The van der Waals surface area contributed by atoms with E-state index in [0.717, 1.165) is 12.1 Å². The monoisotopic (exact) mass is 315 g/mol. The van der Waals surface area contributed by atoms with Crippen LogP contribution < -0.4 is 5.32 Å². The number of carbonyl (C=O) groups is 2. The van der Waals surface area contributed by atoms with Gasteiger partial charge in [-0.05, 0) is 38.1 Å². The number of Topliss-reactive ketones (excluding diaryl/α,β-unsaturated/α-hetero) is 1. The number of benzene rings is 1. The van der Waals surface area contributed by atoms with Crippen molar-refractivity contribution in [3.63, 3.8) is 0 Å². The lowest BCUT2D eigenvalue weighted by Gasteiger charge is -2.24. The number of amides is 1. The van der Waals surface area contributed by atoms with E-state index in [1.807, 2.05) is 0 Å². The van der Waals surface area contributed by atoms with Gasteiger partial charge in [-0.25, -0.2) is 0 Å². The second-order valence-electron chi connectivity index (χ2n) is 4.72. The van der Waals surface area contributed by atoms with Crippen LogP contribution in [0.4, 0.5) is 5.69 Å². The topological polar surface area (TPSA) is 110 Å². The molecule has 0 radical (unpaired) electrons. The maximum absolute atomic E-state index is 11.9. The van der Waals surface area contributed by atoms with Gasteiger partial charge in [0.15, 0.2) is 5.78 Å². The van der Waals surface area contributed by atoms with Crippen molar-refractivity contribution in [2.24, 2.45) is 0 Å². The van der Waals surface area contributed by atoms with E-state index in [0.29, 0.717) is 5.69 Å². The maximum atomic E-state index is 11.9. The fourth-order valence-corrected chi connectivity index (χ4v) is 2.04. The Bertz CT molecular complexity index is 637. The largest absolute Gasteiger partial charge is 0.370 e. The van der Waals surface area contributed by atoms with Crippen LogP contribution in [0.25, 0.3) is 0 Å². The fourth-order valence-electron chi connectivity index (χ4n) is 1.56. The average molecular weight is 315 g/mol. The molecule has 0 fully saturated rings. The second kappa shape index (κ2) is 6.33. The molecule has 116 valence electrons. The van der Waals surface area contributed by atoms with Crippen LogP contribution in [-0.4, -0.2) is 37.4 Å². The van der Waals surface area contributed by atoms with Gasteiger partial charge in [-0.1, -0.05) is 0 Å². The Hall–Kier alpha value is -1.77. The van der Waals surface area contributed by atoms with Crippen molar-refractivity contribution in [1.29, 1.82) is 0 Å². The molecule has 2 N–H and O–H groups in total. The van der Waals surface area contributed by atoms with E-state index in [9.17, 15) is 18.0 Å². The third-order valence-corrected chi connectivity index (χ3v) is 4.00. The first-order valence-corrected chi connectivity index (χ1v) is 7.46. The van der Waals surface area contributed by atoms with Crippen LogP contribution in [0.3, 0.4) is 0 Å². The van der Waals surface area contributed by atoms with Crippen LogP contribution in [0, 0.1) is 0 Å². The molecule has 0 bridgehead atoms. The molecule has 1 unspecified atom stereocenters. The van der Waals surface area contributed by atoms with Crippen molar-refractivity contribution in [2.75, 3.05) is 12.4 Å². The highest BCUT2D eigenvalue weighted by molar-refractivity contribution is 7.85. The lowest BCUT2D eigenvalue weighted by atomic mass is 9.97. The van der Waals surface area contributed by atoms with Crippen LogP contribution in [0.2, 0.25) is 0 Å². The summed E-state index contributed by atoms with van der Waals surface area (Å²) in [6.07, 6.45) is -0.168. The number of anilines is 1. The number of hydrogen-bond donors (Lipinski definition) is 2. The smallest absolute Gasteiger partial charge is 0.294 e. The van der Waals surface area contributed by atoms with Gasteiger partial charge in [0.25, 0.3) is 10.1 Å². The molecule has 0 spiro atoms. The molecule has 0 aliphatic heterocycles. The van der Waals surface area contributed by atoms with Gasteiger partial charge in [0.05, 0.1) is 11.3 Å². The lowest BCUT2D eigenvalue weighted by Crippen LogP contribution is -2.39. The summed E-state index contributed by atoms with van der Waals surface area (Å²) in [5, 5.41) is 2.52. The Labute approximate surface area is 123 Å². The normalized spacial score (nSPS) is 14.3. The van der Waals surface area contributed by atoms with E-state index in [-0.39, 0.29) is 17.1 Å². The molecular weight excluding hydrogens is 298 g/mol. The third kappa shape index (κ3) is 4.62. The number of ketones is 1. The summed E-state index contributed by atoms with van der Waals surface area (Å²) in [6, 6.07) is 4.98. The first-order chi connectivity index (χ1) is 9.58. The van der Waals surface area contributed by atoms with Crippen molar-refractivity contribution < 1.29 is 27.3 Å². The van der Waals surface area contributed by atoms with Crippen molar-refractivity contribution in [3.05, 3.63) is 24.3 Å². The number of rotatable bonds is 6. The fraction of sp³-hybridized carbons (Fsp3) is 0.385. The third-order valence-electron chi connectivity index (χ3n) is 3.13. The van der Waals surface area contributed by atoms with Crippen molar-refractivity contribution >= 4 is 27.5 Å². The zero-order valence-electron chi connectivity index (χ0n) is 11.9. The van der Waals surface area contributed by atoms with Crippen LogP contribution in [0.15, 0.2) is 29.2 Å². The summed E-state index contributed by atoms with van der Waals surface area (Å²) in [6.45, 7) is 2.84. The van der Waals surface area contributed by atoms with Gasteiger partial charge in [-0.3, -0.25) is 14.1 Å². The van der Waals surface area contributed by atoms with Gasteiger partial charge < -0.3 is 10.1 Å². The van der Waals surface area contributed by atoms with Gasteiger partial charge in [0.1, 0.15) is 5.60 Å². The number of carbonyl (C=O) groups excluding carboxylic acids is 2. The highest BCUT2D eigenvalue weighted by Crippen LogP contribution is 2.18. The van der Waals surface area contributed by atoms with E-state index >= 15 is 0 Å². The summed E-state index contributed by atoms with van der Waals surface area (Å²) in [5.41, 5.74) is -0.868. The molecule has 1 amide bonds. The molecule has 0 aliphatic carbocycles. The Morgan fingerprint density at radius 2 is 1.81 bits per heavy atom. The summed E-state index contributed by atoms with van der Waals surface area (Å²) in [7, 11) is -2.93. The van der Waals surface area contributed by atoms with E-state index in [2.05, 4.69) is 5.32 Å². The number of methoxy groups -OCH3 is 1. The first kappa shape index (κ1) is 17.3. The van der Waals surface area contributed by atoms with Crippen molar-refractivity contribution in [1.82, 2.24) is 0 Å². The highest BCUT2D eigenvalue weighted by atomic mass is 32.2. The van der Waals surface area contributed by atoms with Crippen LogP contribution in [0.5, 0.6) is 0 Å². The number of hydrogen-bond acceptors (Lipinski definition) is 5. The first-order valence-electron chi connectivity index (χ1n) is 6.02. The van der Waals surface area contributed by atoms with Crippen molar-refractivity contribution in [2.45, 2.75) is 30.8 Å². The summed E-state index contributed by atoms with van der Waals surface area (Å²) < 4.78 is 35.7. The van der Waals surface area contributed by atoms with E-state index < -0.39 is 21.6 Å². The molecule has 1 aromatic rings. The SMILES string of the molecule is COC(C)(CC(=O)Nc1ccc(S(=O)(=O)O)cc1)C(C)=O. The maximum Gasteiger partial charge on any atom is 0.294 e. The molecular formula is C13H17NO6S. The zero-order chi connectivity index (χ0) is 16.3. The van der Waals surface area contributed by atoms with Gasteiger partial charge in [0, 0.05) is 12.8 Å². The minimum absolute atomic E-state index is 0.168. The molecule has 0 aromatic heterocycles. The summed E-state index contributed by atoms with van der Waals surface area (Å²) >= 11 is 0. The summed E-state index contributed by atoms with van der Waals surface area (Å²) in [5.74, 6) is -0.726. The minimum Gasteiger partial charge on any atom is -0.370 e. The Morgan fingerprint density at radius 3 is 2.19 bits per heavy atom. The Morgan fingerprint density at radius 1 is 1.29 bits per heavy atom. The molecule has 21 heavy (non-hydrogen) atoms. The van der Waals surface area contributed by atoms with Crippen LogP contribution in [0.1, 0.15) is 20.3 Å². The molecule has 1 atom stereocenters.